The van der Waals surface area contributed by atoms with Gasteiger partial charge in [0.05, 0.1) is 0 Å². The van der Waals surface area contributed by atoms with Crippen molar-refractivity contribution in [2.45, 2.75) is 0 Å². The zero-order valence-corrected chi connectivity index (χ0v) is 8.22. The molecule has 9 heavy (non-hydrogen) atoms. The molecule has 0 bridgehead atoms. The van der Waals surface area contributed by atoms with Gasteiger partial charge in [-0.3, -0.25) is 0 Å². The van der Waals surface area contributed by atoms with Crippen LogP contribution in [0.5, 0.6) is 0 Å². The molecule has 0 radical (unpaired) electrons. The largest absolute Gasteiger partial charge is 0.344 e. The van der Waals surface area contributed by atoms with Crippen molar-refractivity contribution < 1.29 is 0 Å². The van der Waals surface area contributed by atoms with Crippen LogP contribution in [0.1, 0.15) is 0 Å². The Balaban J connectivity index is 0. The van der Waals surface area contributed by atoms with Crippen LogP contribution in [0.3, 0.4) is 0 Å². The molecule has 1 aliphatic rings. The minimum atomic E-state index is 0. The summed E-state index contributed by atoms with van der Waals surface area (Å²) in [4.78, 5) is 2.33. The van der Waals surface area contributed by atoms with Crippen molar-refractivity contribution in [3.05, 3.63) is 0 Å². The standard InChI is InChI=1S/C5H12N2.HI.H3N/c1-7-4-2-6-3-5-7;;/h6H,2-5H2,1H3;1H;1H3. The van der Waals surface area contributed by atoms with Crippen molar-refractivity contribution in [2.75, 3.05) is 33.2 Å². The van der Waals surface area contributed by atoms with E-state index in [-0.39, 0.29) is 30.1 Å². The normalized spacial score (nSPS) is 19.7. The first-order chi connectivity index (χ1) is 3.39. The van der Waals surface area contributed by atoms with E-state index in [4.69, 9.17) is 0 Å². The van der Waals surface area contributed by atoms with Gasteiger partial charge in [0.2, 0.25) is 0 Å². The zero-order chi connectivity index (χ0) is 5.11. The number of hydrogen-bond acceptors (Lipinski definition) is 3. The molecule has 58 valence electrons. The van der Waals surface area contributed by atoms with E-state index in [1.165, 1.54) is 13.1 Å². The summed E-state index contributed by atoms with van der Waals surface area (Å²) in [6, 6.07) is 0. The van der Waals surface area contributed by atoms with Gasteiger partial charge in [0, 0.05) is 26.2 Å². The molecule has 1 saturated heterocycles. The van der Waals surface area contributed by atoms with Gasteiger partial charge in [0.25, 0.3) is 0 Å². The molecule has 1 fully saturated rings. The van der Waals surface area contributed by atoms with E-state index in [1.54, 1.807) is 0 Å². The van der Waals surface area contributed by atoms with Crippen LogP contribution >= 0.6 is 24.0 Å². The number of nitrogens with one attached hydrogen (secondary N) is 1. The van der Waals surface area contributed by atoms with Gasteiger partial charge in [0.15, 0.2) is 0 Å². The lowest BCUT2D eigenvalue weighted by atomic mass is 10.4. The van der Waals surface area contributed by atoms with Crippen molar-refractivity contribution in [1.82, 2.24) is 16.4 Å². The molecule has 0 saturated carbocycles. The van der Waals surface area contributed by atoms with Gasteiger partial charge in [-0.25, -0.2) is 0 Å². The second-order valence-corrected chi connectivity index (χ2v) is 2.05. The van der Waals surface area contributed by atoms with Gasteiger partial charge in [-0.1, -0.05) is 0 Å². The molecule has 0 aromatic heterocycles. The summed E-state index contributed by atoms with van der Waals surface area (Å²) in [6.45, 7) is 4.74. The Hall–Kier alpha value is 0.610. The second-order valence-electron chi connectivity index (χ2n) is 2.05. The predicted octanol–water partition coefficient (Wildman–Crippen LogP) is 0.301. The minimum absolute atomic E-state index is 0. The first-order valence-electron chi connectivity index (χ1n) is 2.79. The van der Waals surface area contributed by atoms with Gasteiger partial charge in [-0.05, 0) is 7.05 Å². The average Bonchev–Trinajstić information content (AvgIpc) is 1.69. The molecule has 0 aromatic rings. The van der Waals surface area contributed by atoms with Crippen LogP contribution in [0.25, 0.3) is 0 Å². The maximum Gasteiger partial charge on any atom is 0.0104 e. The third-order valence-corrected chi connectivity index (χ3v) is 1.34. The number of nitrogens with zero attached hydrogens (tertiary/aromatic N) is 1. The van der Waals surface area contributed by atoms with Gasteiger partial charge in [-0.2, -0.15) is 0 Å². The van der Waals surface area contributed by atoms with E-state index in [0.29, 0.717) is 0 Å². The second kappa shape index (κ2) is 6.73. The Morgan fingerprint density at radius 2 is 1.67 bits per heavy atom. The molecule has 1 heterocycles. The molecule has 0 spiro atoms. The molecule has 4 heteroatoms. The molecular formula is C5H16IN3. The molecule has 0 unspecified atom stereocenters. The predicted molar refractivity (Wildman–Crippen MR) is 50.8 cm³/mol. The number of piperazine rings is 1. The SMILES string of the molecule is CN1CCNCC1.I.N. The Morgan fingerprint density at radius 3 is 1.89 bits per heavy atom. The molecule has 0 amide bonds. The molecule has 1 aliphatic heterocycles. The van der Waals surface area contributed by atoms with Crippen molar-refractivity contribution in [2.24, 2.45) is 0 Å². The molecule has 4 N–H and O–H groups in total. The fraction of sp³-hybridized carbons (Fsp3) is 1.00. The average molecular weight is 245 g/mol. The van der Waals surface area contributed by atoms with Crippen LogP contribution in [-0.2, 0) is 0 Å². The molecule has 0 aliphatic carbocycles. The Morgan fingerprint density at radius 1 is 1.22 bits per heavy atom. The maximum atomic E-state index is 3.27. The lowest BCUT2D eigenvalue weighted by Gasteiger charge is -2.21. The highest BCUT2D eigenvalue weighted by molar-refractivity contribution is 14.0. The first kappa shape index (κ1) is 12.3. The first-order valence-corrected chi connectivity index (χ1v) is 2.79. The van der Waals surface area contributed by atoms with Crippen molar-refractivity contribution in [3.63, 3.8) is 0 Å². The number of halogens is 1. The number of hydrogen-bond donors (Lipinski definition) is 2. The van der Waals surface area contributed by atoms with E-state index in [1.807, 2.05) is 0 Å². The van der Waals surface area contributed by atoms with Crippen LogP contribution in [0.2, 0.25) is 0 Å². The van der Waals surface area contributed by atoms with Crippen LogP contribution < -0.4 is 11.5 Å². The molecule has 0 atom stereocenters. The molecule has 1 rings (SSSR count). The van der Waals surface area contributed by atoms with Crippen molar-refractivity contribution >= 4 is 24.0 Å². The highest BCUT2D eigenvalue weighted by Gasteiger charge is 2.01. The summed E-state index contributed by atoms with van der Waals surface area (Å²) < 4.78 is 0. The Bertz CT molecular complexity index is 54.2. The molecule has 3 nitrogen and oxygen atoms in total. The quantitative estimate of drug-likeness (QED) is 0.603. The van der Waals surface area contributed by atoms with Gasteiger partial charge in [0.1, 0.15) is 0 Å². The zero-order valence-electron chi connectivity index (χ0n) is 5.89. The van der Waals surface area contributed by atoms with Gasteiger partial charge < -0.3 is 16.4 Å². The number of rotatable bonds is 0. The third kappa shape index (κ3) is 5.07. The fourth-order valence-electron chi connectivity index (χ4n) is 0.777. The van der Waals surface area contributed by atoms with Crippen LogP contribution in [0, 0.1) is 0 Å². The smallest absolute Gasteiger partial charge is 0.0104 e. The molecular weight excluding hydrogens is 229 g/mol. The van der Waals surface area contributed by atoms with E-state index < -0.39 is 0 Å². The summed E-state index contributed by atoms with van der Waals surface area (Å²) in [5.41, 5.74) is 0. The highest BCUT2D eigenvalue weighted by atomic mass is 127. The molecule has 0 aromatic carbocycles. The lowest BCUT2D eigenvalue weighted by Crippen LogP contribution is -2.40. The van der Waals surface area contributed by atoms with Crippen LogP contribution in [0.4, 0.5) is 0 Å². The van der Waals surface area contributed by atoms with Crippen molar-refractivity contribution in [1.29, 1.82) is 0 Å². The summed E-state index contributed by atoms with van der Waals surface area (Å²) in [7, 11) is 2.15. The lowest BCUT2D eigenvalue weighted by molar-refractivity contribution is 0.291. The minimum Gasteiger partial charge on any atom is -0.344 e. The number of likely N-dealkylation sites (N-methyl/N-ethyl adjacent to an activating group) is 1. The third-order valence-electron chi connectivity index (χ3n) is 1.34. The summed E-state index contributed by atoms with van der Waals surface area (Å²) in [5.74, 6) is 0. The summed E-state index contributed by atoms with van der Waals surface area (Å²) >= 11 is 0. The van der Waals surface area contributed by atoms with E-state index in [0.717, 1.165) is 13.1 Å². The topological polar surface area (TPSA) is 50.3 Å². The summed E-state index contributed by atoms with van der Waals surface area (Å²) in [5, 5.41) is 3.27. The van der Waals surface area contributed by atoms with E-state index in [9.17, 15) is 0 Å². The van der Waals surface area contributed by atoms with E-state index >= 15 is 0 Å². The van der Waals surface area contributed by atoms with Gasteiger partial charge >= 0.3 is 0 Å². The highest BCUT2D eigenvalue weighted by Crippen LogP contribution is 1.82. The summed E-state index contributed by atoms with van der Waals surface area (Å²) in [6.07, 6.45) is 0. The van der Waals surface area contributed by atoms with Crippen LogP contribution in [-0.4, -0.2) is 38.1 Å². The fourth-order valence-corrected chi connectivity index (χ4v) is 0.777. The van der Waals surface area contributed by atoms with Gasteiger partial charge in [-0.15, -0.1) is 24.0 Å². The van der Waals surface area contributed by atoms with Crippen LogP contribution in [0.15, 0.2) is 0 Å². The monoisotopic (exact) mass is 245 g/mol. The van der Waals surface area contributed by atoms with E-state index in [2.05, 4.69) is 17.3 Å². The Kier molecular flexibility index (Phi) is 9.19. The maximum absolute atomic E-state index is 3.27. The van der Waals surface area contributed by atoms with Crippen molar-refractivity contribution in [3.8, 4) is 0 Å². The Labute approximate surface area is 73.8 Å².